The molecular formula is C19H29N3OS. The fourth-order valence-corrected chi connectivity index (χ4v) is 4.82. The van der Waals surface area contributed by atoms with Crippen LogP contribution in [0.5, 0.6) is 0 Å². The lowest BCUT2D eigenvalue weighted by atomic mass is 9.95. The minimum atomic E-state index is 0.280. The van der Waals surface area contributed by atoms with Crippen molar-refractivity contribution in [2.75, 3.05) is 26.2 Å². The highest BCUT2D eigenvalue weighted by Gasteiger charge is 2.36. The first-order valence-electron chi connectivity index (χ1n) is 9.00. The van der Waals surface area contributed by atoms with Crippen LogP contribution in [-0.4, -0.2) is 52.9 Å². The molecule has 0 N–H and O–H groups in total. The number of aryl methyl sites for hydroxylation is 2. The lowest BCUT2D eigenvalue weighted by Crippen LogP contribution is -2.44. The molecule has 1 aromatic heterocycles. The molecular weight excluding hydrogens is 318 g/mol. The zero-order valence-electron chi connectivity index (χ0n) is 15.3. The Balaban J connectivity index is 1.66. The minimum Gasteiger partial charge on any atom is -0.340 e. The van der Waals surface area contributed by atoms with Gasteiger partial charge in [-0.1, -0.05) is 11.6 Å². The summed E-state index contributed by atoms with van der Waals surface area (Å²) in [6.45, 7) is 12.3. The maximum absolute atomic E-state index is 12.8. The van der Waals surface area contributed by atoms with E-state index in [-0.39, 0.29) is 5.91 Å². The third-order valence-electron chi connectivity index (χ3n) is 5.23. The molecule has 0 unspecified atom stereocenters. The maximum atomic E-state index is 12.8. The third kappa shape index (κ3) is 4.06. The molecule has 2 atom stereocenters. The number of piperidine rings is 1. The molecule has 0 aliphatic carbocycles. The van der Waals surface area contributed by atoms with Crippen molar-refractivity contribution in [2.24, 2.45) is 5.92 Å². The number of carbonyl (C=O) groups excluding carboxylic acids is 1. The molecule has 2 bridgehead atoms. The van der Waals surface area contributed by atoms with E-state index in [0.29, 0.717) is 18.4 Å². The minimum absolute atomic E-state index is 0.280. The molecule has 5 heteroatoms. The van der Waals surface area contributed by atoms with Crippen LogP contribution in [0, 0.1) is 19.8 Å². The highest BCUT2D eigenvalue weighted by atomic mass is 32.1. The molecule has 0 saturated carbocycles. The quantitative estimate of drug-likeness (QED) is 0.785. The Bertz CT molecular complexity index is 633. The van der Waals surface area contributed by atoms with Gasteiger partial charge in [0.1, 0.15) is 0 Å². The summed E-state index contributed by atoms with van der Waals surface area (Å²) in [5, 5.41) is 1.05. The second-order valence-corrected chi connectivity index (χ2v) is 8.84. The zero-order valence-corrected chi connectivity index (χ0v) is 16.2. The molecule has 4 rings (SSSR count). The van der Waals surface area contributed by atoms with Gasteiger partial charge in [0.15, 0.2) is 0 Å². The number of hydrogen-bond donors (Lipinski definition) is 0. The first-order chi connectivity index (χ1) is 11.4. The second-order valence-electron chi connectivity index (χ2n) is 7.55. The maximum Gasteiger partial charge on any atom is 0.227 e. The van der Waals surface area contributed by atoms with Gasteiger partial charge in [0.25, 0.3) is 0 Å². The molecule has 3 aliphatic heterocycles. The molecule has 3 saturated heterocycles. The predicted molar refractivity (Wildman–Crippen MR) is 99.4 cm³/mol. The topological polar surface area (TPSA) is 36.4 Å². The lowest BCUT2D eigenvalue weighted by Gasteiger charge is -2.35. The average Bonchev–Trinajstić information content (AvgIpc) is 2.71. The Morgan fingerprint density at radius 2 is 2.04 bits per heavy atom. The molecule has 0 aromatic carbocycles. The van der Waals surface area contributed by atoms with Gasteiger partial charge in [-0.25, -0.2) is 4.98 Å². The van der Waals surface area contributed by atoms with Gasteiger partial charge in [0.05, 0.1) is 17.1 Å². The van der Waals surface area contributed by atoms with E-state index >= 15 is 0 Å². The number of fused-ring (bicyclic) bond motifs is 4. The molecule has 4 nitrogen and oxygen atoms in total. The van der Waals surface area contributed by atoms with Gasteiger partial charge in [0, 0.05) is 37.1 Å². The van der Waals surface area contributed by atoms with Crippen molar-refractivity contribution >= 4 is 17.2 Å². The summed E-state index contributed by atoms with van der Waals surface area (Å²) in [4.78, 5) is 23.1. The van der Waals surface area contributed by atoms with Crippen LogP contribution in [0.3, 0.4) is 0 Å². The number of hydrogen-bond acceptors (Lipinski definition) is 4. The molecule has 0 radical (unpaired) electrons. The monoisotopic (exact) mass is 347 g/mol. The molecule has 3 fully saturated rings. The van der Waals surface area contributed by atoms with Crippen molar-refractivity contribution in [3.8, 4) is 0 Å². The zero-order chi connectivity index (χ0) is 17.3. The molecule has 3 aliphatic rings. The molecule has 1 amide bonds. The molecule has 4 heterocycles. The van der Waals surface area contributed by atoms with Crippen LogP contribution in [-0.2, 0) is 11.2 Å². The third-order valence-corrected chi connectivity index (χ3v) is 6.30. The van der Waals surface area contributed by atoms with Crippen LogP contribution in [0.2, 0.25) is 0 Å². The summed E-state index contributed by atoms with van der Waals surface area (Å²) >= 11 is 1.66. The van der Waals surface area contributed by atoms with E-state index < -0.39 is 0 Å². The number of aromatic nitrogens is 1. The average molecular weight is 348 g/mol. The number of nitrogens with zero attached hydrogens (tertiary/aromatic N) is 3. The Kier molecular flexibility index (Phi) is 5.40. The largest absolute Gasteiger partial charge is 0.340 e. The van der Waals surface area contributed by atoms with Gasteiger partial charge in [0.2, 0.25) is 5.91 Å². The number of allylic oxidation sites excluding steroid dienone is 1. The number of rotatable bonds is 4. The van der Waals surface area contributed by atoms with Crippen molar-refractivity contribution in [3.63, 3.8) is 0 Å². The van der Waals surface area contributed by atoms with Gasteiger partial charge >= 0.3 is 0 Å². The number of thiazole rings is 1. The number of carbonyl (C=O) groups is 1. The Morgan fingerprint density at radius 3 is 2.71 bits per heavy atom. The first kappa shape index (κ1) is 17.6. The van der Waals surface area contributed by atoms with Crippen LogP contribution >= 0.6 is 11.3 Å². The van der Waals surface area contributed by atoms with E-state index in [1.807, 2.05) is 13.8 Å². The van der Waals surface area contributed by atoms with E-state index in [0.717, 1.165) is 41.8 Å². The highest BCUT2D eigenvalue weighted by Crippen LogP contribution is 2.29. The second kappa shape index (κ2) is 7.36. The van der Waals surface area contributed by atoms with E-state index in [1.54, 1.807) is 11.3 Å². The molecule has 1 aromatic rings. The van der Waals surface area contributed by atoms with Gasteiger partial charge in [-0.05, 0) is 46.5 Å². The number of amides is 1. The van der Waals surface area contributed by atoms with E-state index in [4.69, 9.17) is 0 Å². The summed E-state index contributed by atoms with van der Waals surface area (Å²) < 4.78 is 0. The molecule has 132 valence electrons. The molecule has 24 heavy (non-hydrogen) atoms. The first-order valence-corrected chi connectivity index (χ1v) is 9.82. The van der Waals surface area contributed by atoms with Crippen LogP contribution < -0.4 is 0 Å². The van der Waals surface area contributed by atoms with E-state index in [1.165, 1.54) is 18.4 Å². The summed E-state index contributed by atoms with van der Waals surface area (Å²) in [6.07, 6.45) is 5.32. The van der Waals surface area contributed by atoms with Crippen LogP contribution in [0.1, 0.15) is 42.3 Å². The van der Waals surface area contributed by atoms with Crippen LogP contribution in [0.4, 0.5) is 0 Å². The normalized spacial score (nSPS) is 24.1. The highest BCUT2D eigenvalue weighted by molar-refractivity contribution is 7.11. The van der Waals surface area contributed by atoms with Crippen molar-refractivity contribution in [3.05, 3.63) is 27.2 Å². The Hall–Kier alpha value is -1.20. The van der Waals surface area contributed by atoms with Gasteiger partial charge in [-0.2, -0.15) is 0 Å². The fourth-order valence-electron chi connectivity index (χ4n) is 3.89. The van der Waals surface area contributed by atoms with Crippen LogP contribution in [0.15, 0.2) is 11.6 Å². The SMILES string of the molecule is CC(C)=CCN1C[C@@H]2CC[C@H]1CN(C(=O)Cc1sc(C)nc1C)C2. The van der Waals surface area contributed by atoms with Gasteiger partial charge < -0.3 is 4.90 Å². The smallest absolute Gasteiger partial charge is 0.227 e. The standard InChI is InChI=1S/C19H29N3OS/c1-13(2)7-8-21-10-16-5-6-17(21)12-22(11-16)19(23)9-18-14(3)20-15(4)24-18/h7,16-17H,5-6,8-12H2,1-4H3/t16-,17-/m0/s1. The van der Waals surface area contributed by atoms with Gasteiger partial charge in [-0.3, -0.25) is 9.69 Å². The van der Waals surface area contributed by atoms with E-state index in [9.17, 15) is 4.79 Å². The summed E-state index contributed by atoms with van der Waals surface area (Å²) in [7, 11) is 0. The van der Waals surface area contributed by atoms with Crippen LogP contribution in [0.25, 0.3) is 0 Å². The van der Waals surface area contributed by atoms with Gasteiger partial charge in [-0.15, -0.1) is 11.3 Å². The lowest BCUT2D eigenvalue weighted by molar-refractivity contribution is -0.130. The Labute approximate surface area is 149 Å². The summed E-state index contributed by atoms with van der Waals surface area (Å²) in [5.41, 5.74) is 2.40. The summed E-state index contributed by atoms with van der Waals surface area (Å²) in [5.74, 6) is 0.908. The predicted octanol–water partition coefficient (Wildman–Crippen LogP) is 3.19. The van der Waals surface area contributed by atoms with Crippen molar-refractivity contribution < 1.29 is 4.79 Å². The van der Waals surface area contributed by atoms with Crippen molar-refractivity contribution in [1.82, 2.24) is 14.8 Å². The van der Waals surface area contributed by atoms with Crippen molar-refractivity contribution in [2.45, 2.75) is 53.0 Å². The van der Waals surface area contributed by atoms with E-state index in [2.05, 4.69) is 34.7 Å². The fraction of sp³-hybridized carbons (Fsp3) is 0.684. The molecule has 0 spiro atoms. The Morgan fingerprint density at radius 1 is 1.25 bits per heavy atom. The van der Waals surface area contributed by atoms with Crippen molar-refractivity contribution in [1.29, 1.82) is 0 Å². The summed E-state index contributed by atoms with van der Waals surface area (Å²) in [6, 6.07) is 0.521.